The molecule has 128 valence electrons. The predicted octanol–water partition coefficient (Wildman–Crippen LogP) is 3.95. The number of anilines is 1. The fraction of sp³-hybridized carbons (Fsp3) is 0.200. The van der Waals surface area contributed by atoms with E-state index in [0.717, 1.165) is 0 Å². The summed E-state index contributed by atoms with van der Waals surface area (Å²) in [6.45, 7) is 5.86. The predicted molar refractivity (Wildman–Crippen MR) is 97.4 cm³/mol. The molecule has 0 spiro atoms. The summed E-state index contributed by atoms with van der Waals surface area (Å²) in [5, 5.41) is 21.9. The van der Waals surface area contributed by atoms with E-state index in [4.69, 9.17) is 4.74 Å². The molecule has 5 heteroatoms. The molecule has 0 unspecified atom stereocenters. The Morgan fingerprint density at radius 1 is 1.28 bits per heavy atom. The van der Waals surface area contributed by atoms with Gasteiger partial charge in [-0.1, -0.05) is 12.1 Å². The van der Waals surface area contributed by atoms with Gasteiger partial charge in [-0.05, 0) is 67.8 Å². The molecule has 0 saturated heterocycles. The highest BCUT2D eigenvalue weighted by atomic mass is 16.5. The quantitative estimate of drug-likeness (QED) is 0.640. The van der Waals surface area contributed by atoms with Crippen LogP contribution in [-0.4, -0.2) is 17.6 Å². The Kier molecular flexibility index (Phi) is 5.80. The summed E-state index contributed by atoms with van der Waals surface area (Å²) in [7, 11) is 0. The second kappa shape index (κ2) is 8.02. The third-order valence-electron chi connectivity index (χ3n) is 3.62. The van der Waals surface area contributed by atoms with Crippen LogP contribution in [0, 0.1) is 25.2 Å². The maximum Gasteiger partial charge on any atom is 0.266 e. The van der Waals surface area contributed by atoms with Gasteiger partial charge in [-0.25, -0.2) is 0 Å². The molecule has 0 bridgehead atoms. The van der Waals surface area contributed by atoms with Crippen LogP contribution in [0.15, 0.2) is 42.0 Å². The number of carbonyl (C=O) groups excluding carboxylic acids is 1. The molecule has 25 heavy (non-hydrogen) atoms. The summed E-state index contributed by atoms with van der Waals surface area (Å²) >= 11 is 0. The van der Waals surface area contributed by atoms with E-state index in [1.807, 2.05) is 19.1 Å². The van der Waals surface area contributed by atoms with Gasteiger partial charge >= 0.3 is 0 Å². The summed E-state index contributed by atoms with van der Waals surface area (Å²) in [6.07, 6.45) is 1.50. The summed E-state index contributed by atoms with van der Waals surface area (Å²) in [4.78, 5) is 12.4. The number of benzene rings is 2. The Labute approximate surface area is 147 Å². The van der Waals surface area contributed by atoms with E-state index in [0.29, 0.717) is 34.7 Å². The van der Waals surface area contributed by atoms with Crippen molar-refractivity contribution >= 4 is 17.7 Å². The zero-order chi connectivity index (χ0) is 18.4. The van der Waals surface area contributed by atoms with Crippen molar-refractivity contribution < 1.29 is 14.6 Å². The van der Waals surface area contributed by atoms with Crippen molar-refractivity contribution in [3.05, 3.63) is 58.7 Å². The number of nitriles is 1. The number of hydrogen-bond acceptors (Lipinski definition) is 4. The van der Waals surface area contributed by atoms with Crippen molar-refractivity contribution in [3.63, 3.8) is 0 Å². The monoisotopic (exact) mass is 336 g/mol. The van der Waals surface area contributed by atoms with Crippen LogP contribution in [0.4, 0.5) is 5.69 Å². The Morgan fingerprint density at radius 3 is 2.52 bits per heavy atom. The van der Waals surface area contributed by atoms with Gasteiger partial charge in [0.2, 0.25) is 0 Å². The van der Waals surface area contributed by atoms with Gasteiger partial charge in [-0.3, -0.25) is 4.79 Å². The molecule has 5 nitrogen and oxygen atoms in total. The Balaban J connectivity index is 2.29. The average Bonchev–Trinajstić information content (AvgIpc) is 2.59. The third kappa shape index (κ3) is 4.39. The Bertz CT molecular complexity index is 840. The first-order chi connectivity index (χ1) is 12.0. The minimum atomic E-state index is -0.516. The second-order valence-corrected chi connectivity index (χ2v) is 5.56. The number of amides is 1. The van der Waals surface area contributed by atoms with Gasteiger partial charge in [-0.15, -0.1) is 0 Å². The van der Waals surface area contributed by atoms with E-state index >= 15 is 0 Å². The lowest BCUT2D eigenvalue weighted by Gasteiger charge is -2.11. The summed E-state index contributed by atoms with van der Waals surface area (Å²) in [5.41, 5.74) is 2.53. The van der Waals surface area contributed by atoms with Gasteiger partial charge in [0.15, 0.2) is 0 Å². The number of nitrogens with zero attached hydrogens (tertiary/aromatic N) is 1. The van der Waals surface area contributed by atoms with Crippen LogP contribution in [0.1, 0.15) is 23.6 Å². The molecule has 2 N–H and O–H groups in total. The van der Waals surface area contributed by atoms with Gasteiger partial charge in [-0.2, -0.15) is 5.26 Å². The summed E-state index contributed by atoms with van der Waals surface area (Å²) in [6, 6.07) is 12.4. The molecule has 0 fully saturated rings. The van der Waals surface area contributed by atoms with Crippen LogP contribution in [0.25, 0.3) is 6.08 Å². The average molecular weight is 336 g/mol. The molecule has 2 rings (SSSR count). The van der Waals surface area contributed by atoms with E-state index in [-0.39, 0.29) is 11.3 Å². The number of rotatable bonds is 5. The SMILES string of the molecule is CCOc1ccccc1NC(=O)/C(C#N)=C/c1cc(C)c(O)c(C)c1. The second-order valence-electron chi connectivity index (χ2n) is 5.56. The molecular weight excluding hydrogens is 316 g/mol. The molecule has 0 aliphatic heterocycles. The molecule has 1 amide bonds. The lowest BCUT2D eigenvalue weighted by molar-refractivity contribution is -0.112. The van der Waals surface area contributed by atoms with Gasteiger partial charge in [0.1, 0.15) is 23.1 Å². The van der Waals surface area contributed by atoms with Crippen LogP contribution in [-0.2, 0) is 4.79 Å². The van der Waals surface area contributed by atoms with E-state index in [9.17, 15) is 15.2 Å². The molecular formula is C20H20N2O3. The molecule has 0 aromatic heterocycles. The molecule has 2 aromatic rings. The number of hydrogen-bond donors (Lipinski definition) is 2. The standard InChI is InChI=1S/C20H20N2O3/c1-4-25-18-8-6-5-7-17(18)22-20(24)16(12-21)11-15-9-13(2)19(23)14(3)10-15/h5-11,23H,4H2,1-3H3,(H,22,24)/b16-11+. The number of ether oxygens (including phenoxy) is 1. The minimum absolute atomic E-state index is 0.0317. The van der Waals surface area contributed by atoms with Crippen molar-refractivity contribution in [2.75, 3.05) is 11.9 Å². The van der Waals surface area contributed by atoms with Crippen molar-refractivity contribution in [2.24, 2.45) is 0 Å². The molecule has 0 aliphatic rings. The highest BCUT2D eigenvalue weighted by Gasteiger charge is 2.13. The number of aromatic hydroxyl groups is 1. The Hall–Kier alpha value is -3.26. The molecule has 2 aromatic carbocycles. The number of para-hydroxylation sites is 2. The van der Waals surface area contributed by atoms with Crippen LogP contribution < -0.4 is 10.1 Å². The lowest BCUT2D eigenvalue weighted by Crippen LogP contribution is -2.14. The van der Waals surface area contributed by atoms with Gasteiger partial charge in [0.05, 0.1) is 12.3 Å². The molecule has 0 saturated carbocycles. The van der Waals surface area contributed by atoms with Crippen LogP contribution in [0.2, 0.25) is 0 Å². The van der Waals surface area contributed by atoms with E-state index in [1.54, 1.807) is 44.2 Å². The normalized spacial score (nSPS) is 10.9. The number of nitrogens with one attached hydrogen (secondary N) is 1. The van der Waals surface area contributed by atoms with Crippen LogP contribution >= 0.6 is 0 Å². The summed E-state index contributed by atoms with van der Waals surface area (Å²) < 4.78 is 5.47. The lowest BCUT2D eigenvalue weighted by atomic mass is 10.0. The highest BCUT2D eigenvalue weighted by Crippen LogP contribution is 2.26. The summed E-state index contributed by atoms with van der Waals surface area (Å²) in [5.74, 6) is 0.246. The van der Waals surface area contributed by atoms with E-state index in [2.05, 4.69) is 5.32 Å². The minimum Gasteiger partial charge on any atom is -0.507 e. The first-order valence-corrected chi connectivity index (χ1v) is 7.91. The van der Waals surface area contributed by atoms with Crippen molar-refractivity contribution in [2.45, 2.75) is 20.8 Å². The Morgan fingerprint density at radius 2 is 1.92 bits per heavy atom. The molecule has 0 radical (unpaired) electrons. The topological polar surface area (TPSA) is 82.3 Å². The fourth-order valence-corrected chi connectivity index (χ4v) is 2.43. The van der Waals surface area contributed by atoms with Gasteiger partial charge in [0.25, 0.3) is 5.91 Å². The highest BCUT2D eigenvalue weighted by molar-refractivity contribution is 6.10. The van der Waals surface area contributed by atoms with Crippen LogP contribution in [0.5, 0.6) is 11.5 Å². The maximum absolute atomic E-state index is 12.4. The first kappa shape index (κ1) is 18.1. The number of phenols is 1. The molecule has 0 atom stereocenters. The van der Waals surface area contributed by atoms with E-state index < -0.39 is 5.91 Å². The van der Waals surface area contributed by atoms with Gasteiger partial charge < -0.3 is 15.2 Å². The largest absolute Gasteiger partial charge is 0.507 e. The maximum atomic E-state index is 12.4. The smallest absolute Gasteiger partial charge is 0.266 e. The zero-order valence-corrected chi connectivity index (χ0v) is 14.5. The number of carbonyl (C=O) groups is 1. The first-order valence-electron chi connectivity index (χ1n) is 7.91. The zero-order valence-electron chi connectivity index (χ0n) is 14.5. The fourth-order valence-electron chi connectivity index (χ4n) is 2.43. The van der Waals surface area contributed by atoms with E-state index in [1.165, 1.54) is 6.08 Å². The van der Waals surface area contributed by atoms with Gasteiger partial charge in [0, 0.05) is 0 Å². The molecule has 0 heterocycles. The number of phenolic OH excluding ortho intramolecular Hbond substituents is 1. The van der Waals surface area contributed by atoms with Crippen molar-refractivity contribution in [1.82, 2.24) is 0 Å². The van der Waals surface area contributed by atoms with Crippen molar-refractivity contribution in [1.29, 1.82) is 5.26 Å². The third-order valence-corrected chi connectivity index (χ3v) is 3.62. The number of aryl methyl sites for hydroxylation is 2. The molecule has 0 aliphatic carbocycles. The van der Waals surface area contributed by atoms with Crippen molar-refractivity contribution in [3.8, 4) is 17.6 Å². The van der Waals surface area contributed by atoms with Crippen LogP contribution in [0.3, 0.4) is 0 Å².